The monoisotopic (exact) mass is 409 g/mol. The highest BCUT2D eigenvalue weighted by Gasteiger charge is 2.23. The Hall–Kier alpha value is -1.34. The summed E-state index contributed by atoms with van der Waals surface area (Å²) in [5.41, 5.74) is 0.605. The summed E-state index contributed by atoms with van der Waals surface area (Å²) in [6, 6.07) is 5.85. The molecule has 0 saturated heterocycles. The van der Waals surface area contributed by atoms with Gasteiger partial charge in [-0.05, 0) is 37.0 Å². The number of carbonyl (C=O) groups excluding carboxylic acids is 1. The fourth-order valence-electron chi connectivity index (χ4n) is 2.44. The molecule has 128 valence electrons. The van der Waals surface area contributed by atoms with Crippen LogP contribution in [0.5, 0.6) is 0 Å². The average molecular weight is 410 g/mol. The lowest BCUT2D eigenvalue weighted by atomic mass is 10.2. The van der Waals surface area contributed by atoms with Gasteiger partial charge in [0.15, 0.2) is 5.16 Å². The SMILES string of the molecule is CC(C)Cn1c(SCC(=O)NC2CC2)nc2ccc(Br)cc2c1=O. The molecule has 1 aromatic carbocycles. The minimum atomic E-state index is -0.0555. The Labute approximate surface area is 153 Å². The molecular weight excluding hydrogens is 390 g/mol. The number of thioether (sulfide) groups is 1. The van der Waals surface area contributed by atoms with Gasteiger partial charge in [-0.25, -0.2) is 4.98 Å². The Bertz CT molecular complexity index is 830. The fraction of sp³-hybridized carbons (Fsp3) is 0.471. The zero-order valence-corrected chi connectivity index (χ0v) is 16.1. The second-order valence-electron chi connectivity index (χ2n) is 6.50. The van der Waals surface area contributed by atoms with Gasteiger partial charge in [0.1, 0.15) is 0 Å². The van der Waals surface area contributed by atoms with Crippen LogP contribution in [0, 0.1) is 5.92 Å². The molecule has 1 saturated carbocycles. The molecule has 7 heteroatoms. The van der Waals surface area contributed by atoms with Crippen molar-refractivity contribution >= 4 is 44.5 Å². The second kappa shape index (κ2) is 7.27. The Kier molecular flexibility index (Phi) is 5.30. The molecule has 0 atom stereocenters. The number of carbonyl (C=O) groups is 1. The minimum Gasteiger partial charge on any atom is -0.353 e. The van der Waals surface area contributed by atoms with E-state index in [4.69, 9.17) is 0 Å². The van der Waals surface area contributed by atoms with Gasteiger partial charge >= 0.3 is 0 Å². The summed E-state index contributed by atoms with van der Waals surface area (Å²) in [5, 5.41) is 4.16. The third kappa shape index (κ3) is 4.19. The molecule has 5 nitrogen and oxygen atoms in total. The fourth-order valence-corrected chi connectivity index (χ4v) is 3.62. The van der Waals surface area contributed by atoms with Gasteiger partial charge in [-0.1, -0.05) is 41.5 Å². The van der Waals surface area contributed by atoms with Gasteiger partial charge in [0.05, 0.1) is 16.7 Å². The van der Waals surface area contributed by atoms with Crippen LogP contribution in [0.1, 0.15) is 26.7 Å². The van der Waals surface area contributed by atoms with Crippen LogP contribution in [0.2, 0.25) is 0 Å². The molecule has 1 aliphatic rings. The number of rotatable bonds is 6. The maximum Gasteiger partial charge on any atom is 0.262 e. The van der Waals surface area contributed by atoms with Crippen molar-refractivity contribution in [3.63, 3.8) is 0 Å². The van der Waals surface area contributed by atoms with Crippen molar-refractivity contribution < 1.29 is 4.79 Å². The quantitative estimate of drug-likeness (QED) is 0.587. The standard InChI is InChI=1S/C17H20BrN3O2S/c1-10(2)8-21-16(23)13-7-11(18)3-6-14(13)20-17(21)24-9-15(22)19-12-4-5-12/h3,6-7,10,12H,4-5,8-9H2,1-2H3,(H,19,22). The second-order valence-corrected chi connectivity index (χ2v) is 8.35. The number of nitrogens with zero attached hydrogens (tertiary/aromatic N) is 2. The van der Waals surface area contributed by atoms with Crippen molar-refractivity contribution in [2.24, 2.45) is 5.92 Å². The molecule has 3 rings (SSSR count). The first-order valence-electron chi connectivity index (χ1n) is 8.06. The van der Waals surface area contributed by atoms with Crippen LogP contribution in [0.3, 0.4) is 0 Å². The number of fused-ring (bicyclic) bond motifs is 1. The summed E-state index contributed by atoms with van der Waals surface area (Å²) in [4.78, 5) is 29.4. The number of nitrogens with one attached hydrogen (secondary N) is 1. The van der Waals surface area contributed by atoms with Crippen molar-refractivity contribution in [3.05, 3.63) is 33.0 Å². The summed E-state index contributed by atoms with van der Waals surface area (Å²) in [7, 11) is 0. The predicted molar refractivity (Wildman–Crippen MR) is 100 cm³/mol. The number of amides is 1. The molecule has 1 aromatic heterocycles. The molecule has 0 unspecified atom stereocenters. The highest BCUT2D eigenvalue weighted by molar-refractivity contribution is 9.10. The molecule has 1 aliphatic carbocycles. The maximum atomic E-state index is 12.9. The van der Waals surface area contributed by atoms with E-state index in [1.54, 1.807) is 10.6 Å². The van der Waals surface area contributed by atoms with E-state index in [0.717, 1.165) is 17.3 Å². The van der Waals surface area contributed by atoms with Crippen molar-refractivity contribution in [1.29, 1.82) is 0 Å². The van der Waals surface area contributed by atoms with Crippen LogP contribution in [0.15, 0.2) is 32.6 Å². The van der Waals surface area contributed by atoms with E-state index >= 15 is 0 Å². The van der Waals surface area contributed by atoms with E-state index < -0.39 is 0 Å². The van der Waals surface area contributed by atoms with E-state index in [-0.39, 0.29) is 17.2 Å². The summed E-state index contributed by atoms with van der Waals surface area (Å²) >= 11 is 4.73. The lowest BCUT2D eigenvalue weighted by Crippen LogP contribution is -2.29. The first-order chi connectivity index (χ1) is 11.4. The lowest BCUT2D eigenvalue weighted by Gasteiger charge is -2.15. The van der Waals surface area contributed by atoms with Crippen molar-refractivity contribution in [3.8, 4) is 0 Å². The molecule has 0 radical (unpaired) electrons. The van der Waals surface area contributed by atoms with Gasteiger partial charge in [0.25, 0.3) is 5.56 Å². The molecule has 0 aliphatic heterocycles. The van der Waals surface area contributed by atoms with E-state index in [9.17, 15) is 9.59 Å². The van der Waals surface area contributed by atoms with Gasteiger partial charge in [0.2, 0.25) is 5.91 Å². The largest absolute Gasteiger partial charge is 0.353 e. The Balaban J connectivity index is 1.92. The zero-order chi connectivity index (χ0) is 17.3. The summed E-state index contributed by atoms with van der Waals surface area (Å²) < 4.78 is 2.54. The van der Waals surface area contributed by atoms with Gasteiger partial charge in [-0.2, -0.15) is 0 Å². The molecule has 0 spiro atoms. The van der Waals surface area contributed by atoms with E-state index in [1.165, 1.54) is 11.8 Å². The summed E-state index contributed by atoms with van der Waals surface area (Å²) in [5.74, 6) is 0.598. The van der Waals surface area contributed by atoms with Crippen molar-refractivity contribution in [2.75, 3.05) is 5.75 Å². The van der Waals surface area contributed by atoms with Gasteiger partial charge in [-0.15, -0.1) is 0 Å². The Morgan fingerprint density at radius 1 is 1.46 bits per heavy atom. The highest BCUT2D eigenvalue weighted by atomic mass is 79.9. The average Bonchev–Trinajstić information content (AvgIpc) is 3.32. The Morgan fingerprint density at radius 3 is 2.88 bits per heavy atom. The van der Waals surface area contributed by atoms with Crippen LogP contribution < -0.4 is 10.9 Å². The van der Waals surface area contributed by atoms with Gasteiger partial charge in [0, 0.05) is 17.1 Å². The molecule has 0 bridgehead atoms. The normalized spacial score (nSPS) is 14.3. The number of benzene rings is 1. The smallest absolute Gasteiger partial charge is 0.262 e. The Morgan fingerprint density at radius 2 is 2.21 bits per heavy atom. The predicted octanol–water partition coefficient (Wildman–Crippen LogP) is 3.19. The molecule has 24 heavy (non-hydrogen) atoms. The van der Waals surface area contributed by atoms with E-state index in [1.807, 2.05) is 12.1 Å². The van der Waals surface area contributed by atoms with Gasteiger partial charge in [-0.3, -0.25) is 14.2 Å². The minimum absolute atomic E-state index is 0.00347. The third-order valence-electron chi connectivity index (χ3n) is 3.70. The lowest BCUT2D eigenvalue weighted by molar-refractivity contribution is -0.118. The first kappa shape index (κ1) is 17.5. The van der Waals surface area contributed by atoms with Gasteiger partial charge < -0.3 is 5.32 Å². The highest BCUT2D eigenvalue weighted by Crippen LogP contribution is 2.22. The molecule has 1 amide bonds. The van der Waals surface area contributed by atoms with Crippen molar-refractivity contribution in [1.82, 2.24) is 14.9 Å². The molecule has 1 heterocycles. The number of hydrogen-bond acceptors (Lipinski definition) is 4. The number of halogens is 1. The van der Waals surface area contributed by atoms with Crippen LogP contribution in [0.4, 0.5) is 0 Å². The van der Waals surface area contributed by atoms with Crippen LogP contribution in [-0.4, -0.2) is 27.3 Å². The van der Waals surface area contributed by atoms with Crippen LogP contribution in [-0.2, 0) is 11.3 Å². The zero-order valence-electron chi connectivity index (χ0n) is 13.7. The molecule has 2 aromatic rings. The molecular formula is C17H20BrN3O2S. The number of aromatic nitrogens is 2. The van der Waals surface area contributed by atoms with E-state index in [0.29, 0.717) is 34.6 Å². The van der Waals surface area contributed by atoms with E-state index in [2.05, 4.69) is 40.1 Å². The maximum absolute atomic E-state index is 12.9. The summed E-state index contributed by atoms with van der Waals surface area (Å²) in [6.07, 6.45) is 2.13. The van der Waals surface area contributed by atoms with Crippen LogP contribution in [0.25, 0.3) is 10.9 Å². The number of hydrogen-bond donors (Lipinski definition) is 1. The first-order valence-corrected chi connectivity index (χ1v) is 9.84. The molecule has 1 fully saturated rings. The topological polar surface area (TPSA) is 64.0 Å². The van der Waals surface area contributed by atoms with Crippen molar-refractivity contribution in [2.45, 2.75) is 44.4 Å². The molecule has 1 N–H and O–H groups in total. The summed E-state index contributed by atoms with van der Waals surface area (Å²) in [6.45, 7) is 4.71. The third-order valence-corrected chi connectivity index (χ3v) is 5.17. The van der Waals surface area contributed by atoms with Crippen LogP contribution >= 0.6 is 27.7 Å².